The van der Waals surface area contributed by atoms with E-state index in [2.05, 4.69) is 20.3 Å². The minimum Gasteiger partial charge on any atom is -0.461 e. The number of aromatic nitrogens is 3. The number of rotatable bonds is 6. The van der Waals surface area contributed by atoms with Crippen molar-refractivity contribution in [3.8, 4) is 6.01 Å². The first kappa shape index (κ1) is 13.4. The Bertz CT molecular complexity index is 360. The molecule has 0 aliphatic heterocycles. The number of nitrogens with zero attached hydrogens (tertiary/aromatic N) is 3. The van der Waals surface area contributed by atoms with Gasteiger partial charge in [-0.15, -0.1) is 0 Å². The Morgan fingerprint density at radius 3 is 2.65 bits per heavy atom. The van der Waals surface area contributed by atoms with Crippen molar-refractivity contribution in [1.82, 2.24) is 15.0 Å². The zero-order valence-electron chi connectivity index (χ0n) is 9.79. The van der Waals surface area contributed by atoms with E-state index in [1.807, 2.05) is 13.8 Å². The summed E-state index contributed by atoms with van der Waals surface area (Å²) in [5.41, 5.74) is 5.48. The van der Waals surface area contributed by atoms with Gasteiger partial charge in [0.15, 0.2) is 0 Å². The first-order valence-electron chi connectivity index (χ1n) is 5.22. The van der Waals surface area contributed by atoms with Crippen molar-refractivity contribution < 1.29 is 14.9 Å². The molecule has 0 saturated carbocycles. The predicted molar refractivity (Wildman–Crippen MR) is 61.6 cm³/mol. The van der Waals surface area contributed by atoms with Gasteiger partial charge in [0, 0.05) is 6.54 Å². The number of hydrogen-bond donors (Lipinski definition) is 4. The number of ether oxygens (including phenoxy) is 1. The summed E-state index contributed by atoms with van der Waals surface area (Å²) in [6, 6.07) is 0.119. The number of nitrogens with one attached hydrogen (secondary N) is 1. The number of aliphatic hydroxyl groups is 2. The molecule has 0 aliphatic rings. The third kappa shape index (κ3) is 4.79. The van der Waals surface area contributed by atoms with E-state index in [1.54, 1.807) is 0 Å². The van der Waals surface area contributed by atoms with Gasteiger partial charge in [0.25, 0.3) is 0 Å². The maximum Gasteiger partial charge on any atom is 0.323 e. The van der Waals surface area contributed by atoms with E-state index < -0.39 is 6.10 Å². The molecule has 1 unspecified atom stereocenters. The minimum atomic E-state index is -0.887. The molecule has 0 saturated heterocycles. The zero-order chi connectivity index (χ0) is 12.8. The molecule has 8 nitrogen and oxygen atoms in total. The van der Waals surface area contributed by atoms with Gasteiger partial charge in [0.2, 0.25) is 11.9 Å². The highest BCUT2D eigenvalue weighted by molar-refractivity contribution is 5.32. The first-order chi connectivity index (χ1) is 8.01. The number of aliphatic hydroxyl groups excluding tert-OH is 2. The summed E-state index contributed by atoms with van der Waals surface area (Å²) in [7, 11) is 0. The fraction of sp³-hybridized carbons (Fsp3) is 0.667. The topological polar surface area (TPSA) is 126 Å². The smallest absolute Gasteiger partial charge is 0.323 e. The van der Waals surface area contributed by atoms with Crippen LogP contribution in [-0.2, 0) is 0 Å². The number of nitrogen functional groups attached to an aromatic ring is 1. The lowest BCUT2D eigenvalue weighted by molar-refractivity contribution is 0.105. The van der Waals surface area contributed by atoms with Crippen LogP contribution in [0, 0.1) is 0 Å². The Kier molecular flexibility index (Phi) is 4.85. The summed E-state index contributed by atoms with van der Waals surface area (Å²) in [5.74, 6) is 0.220. The summed E-state index contributed by atoms with van der Waals surface area (Å²) < 4.78 is 5.27. The average Bonchev–Trinajstić information content (AvgIpc) is 2.24. The van der Waals surface area contributed by atoms with Gasteiger partial charge in [0.05, 0.1) is 18.8 Å². The Hall–Kier alpha value is -1.67. The molecule has 1 heterocycles. The Labute approximate surface area is 98.9 Å². The highest BCUT2D eigenvalue weighted by Gasteiger charge is 2.08. The molecule has 1 aromatic rings. The van der Waals surface area contributed by atoms with Crippen LogP contribution in [-0.4, -0.2) is 50.5 Å². The summed E-state index contributed by atoms with van der Waals surface area (Å²) in [5, 5.41) is 20.5. The number of hydrogen-bond acceptors (Lipinski definition) is 8. The van der Waals surface area contributed by atoms with Gasteiger partial charge in [0.1, 0.15) is 0 Å². The Balaban J connectivity index is 2.68. The standard InChI is InChI=1S/C9H17N5O3/c1-5(2)17-9-13-7(10)12-8(14-9)11-3-6(16)4-15/h5-6,15-16H,3-4H2,1-2H3,(H3,10,11,12,13,14). The second-order valence-corrected chi connectivity index (χ2v) is 3.68. The lowest BCUT2D eigenvalue weighted by Crippen LogP contribution is -2.24. The van der Waals surface area contributed by atoms with Crippen LogP contribution in [0.25, 0.3) is 0 Å². The van der Waals surface area contributed by atoms with E-state index in [9.17, 15) is 0 Å². The third-order valence-corrected chi connectivity index (χ3v) is 1.68. The van der Waals surface area contributed by atoms with Gasteiger partial charge in [-0.25, -0.2) is 0 Å². The molecule has 0 aromatic carbocycles. The quantitative estimate of drug-likeness (QED) is 0.501. The van der Waals surface area contributed by atoms with E-state index in [-0.39, 0.29) is 37.2 Å². The summed E-state index contributed by atoms with van der Waals surface area (Å²) >= 11 is 0. The molecule has 5 N–H and O–H groups in total. The van der Waals surface area contributed by atoms with Gasteiger partial charge in [-0.2, -0.15) is 15.0 Å². The van der Waals surface area contributed by atoms with Crippen LogP contribution >= 0.6 is 0 Å². The van der Waals surface area contributed by atoms with Gasteiger partial charge in [-0.05, 0) is 13.8 Å². The fourth-order valence-electron chi connectivity index (χ4n) is 0.988. The maximum absolute atomic E-state index is 9.16. The number of nitrogens with two attached hydrogens (primary N) is 1. The molecule has 0 spiro atoms. The molecule has 0 bridgehead atoms. The maximum atomic E-state index is 9.16. The largest absolute Gasteiger partial charge is 0.461 e. The van der Waals surface area contributed by atoms with Crippen LogP contribution in [0.2, 0.25) is 0 Å². The Morgan fingerprint density at radius 1 is 1.35 bits per heavy atom. The van der Waals surface area contributed by atoms with Crippen molar-refractivity contribution >= 4 is 11.9 Å². The normalized spacial score (nSPS) is 12.5. The van der Waals surface area contributed by atoms with Crippen molar-refractivity contribution in [2.45, 2.75) is 26.1 Å². The third-order valence-electron chi connectivity index (χ3n) is 1.68. The monoisotopic (exact) mass is 243 g/mol. The second kappa shape index (κ2) is 6.16. The fourth-order valence-corrected chi connectivity index (χ4v) is 0.988. The van der Waals surface area contributed by atoms with Crippen molar-refractivity contribution in [3.63, 3.8) is 0 Å². The van der Waals surface area contributed by atoms with Crippen LogP contribution in [0.15, 0.2) is 0 Å². The molecule has 0 fully saturated rings. The zero-order valence-corrected chi connectivity index (χ0v) is 9.79. The van der Waals surface area contributed by atoms with Crippen LogP contribution < -0.4 is 15.8 Å². The van der Waals surface area contributed by atoms with Gasteiger partial charge < -0.3 is 26.0 Å². The molecule has 1 aromatic heterocycles. The van der Waals surface area contributed by atoms with Crippen LogP contribution in [0.5, 0.6) is 6.01 Å². The predicted octanol–water partition coefficient (Wildman–Crippen LogP) is -0.994. The molecule has 96 valence electrons. The Morgan fingerprint density at radius 2 is 2.06 bits per heavy atom. The van der Waals surface area contributed by atoms with Crippen molar-refractivity contribution in [3.05, 3.63) is 0 Å². The molecule has 1 rings (SSSR count). The van der Waals surface area contributed by atoms with Gasteiger partial charge in [-0.1, -0.05) is 0 Å². The van der Waals surface area contributed by atoms with Crippen molar-refractivity contribution in [2.24, 2.45) is 0 Å². The van der Waals surface area contributed by atoms with E-state index in [1.165, 1.54) is 0 Å². The molecule has 0 aliphatic carbocycles. The molecule has 0 amide bonds. The van der Waals surface area contributed by atoms with E-state index in [0.29, 0.717) is 0 Å². The van der Waals surface area contributed by atoms with Gasteiger partial charge >= 0.3 is 6.01 Å². The van der Waals surface area contributed by atoms with Crippen molar-refractivity contribution in [2.75, 3.05) is 24.2 Å². The second-order valence-electron chi connectivity index (χ2n) is 3.68. The number of anilines is 2. The summed E-state index contributed by atoms with van der Waals surface area (Å²) in [6.07, 6.45) is -0.963. The van der Waals surface area contributed by atoms with Crippen LogP contribution in [0.4, 0.5) is 11.9 Å². The van der Waals surface area contributed by atoms with E-state index in [4.69, 9.17) is 20.7 Å². The lowest BCUT2D eigenvalue weighted by Gasteiger charge is -2.11. The molecule has 8 heteroatoms. The van der Waals surface area contributed by atoms with E-state index in [0.717, 1.165) is 0 Å². The molecular weight excluding hydrogens is 226 g/mol. The molecule has 17 heavy (non-hydrogen) atoms. The first-order valence-corrected chi connectivity index (χ1v) is 5.22. The summed E-state index contributed by atoms with van der Waals surface area (Å²) in [6.45, 7) is 3.44. The van der Waals surface area contributed by atoms with Gasteiger partial charge in [-0.3, -0.25) is 0 Å². The lowest BCUT2D eigenvalue weighted by atomic mass is 10.4. The molecular formula is C9H17N5O3. The van der Waals surface area contributed by atoms with Crippen molar-refractivity contribution in [1.29, 1.82) is 0 Å². The molecule has 1 atom stereocenters. The minimum absolute atomic E-state index is 0.0247. The highest BCUT2D eigenvalue weighted by atomic mass is 16.5. The highest BCUT2D eigenvalue weighted by Crippen LogP contribution is 2.10. The SMILES string of the molecule is CC(C)Oc1nc(N)nc(NCC(O)CO)n1. The average molecular weight is 243 g/mol. The summed E-state index contributed by atoms with van der Waals surface area (Å²) in [4.78, 5) is 11.6. The van der Waals surface area contributed by atoms with Crippen LogP contribution in [0.1, 0.15) is 13.8 Å². The van der Waals surface area contributed by atoms with E-state index >= 15 is 0 Å². The van der Waals surface area contributed by atoms with Crippen LogP contribution in [0.3, 0.4) is 0 Å². The molecule has 0 radical (unpaired) electrons.